The molecule has 0 rings (SSSR count). The molecule has 0 atom stereocenters. The van der Waals surface area contributed by atoms with E-state index in [0.29, 0.717) is 4.48 Å². The van der Waals surface area contributed by atoms with Crippen LogP contribution in [-0.2, 0) is 0 Å². The quantitative estimate of drug-likeness (QED) is 0.414. The number of hydrogen-bond donors (Lipinski definition) is 0. The molecule has 0 saturated heterocycles. The van der Waals surface area contributed by atoms with Crippen molar-refractivity contribution in [2.75, 3.05) is 19.6 Å². The summed E-state index contributed by atoms with van der Waals surface area (Å²) in [6.07, 6.45) is 2.30. The summed E-state index contributed by atoms with van der Waals surface area (Å²) in [4.78, 5) is 0. The predicted molar refractivity (Wildman–Crippen MR) is 37.5 cm³/mol. The first kappa shape index (κ1) is 8.45. The fraction of sp³-hybridized carbons (Fsp3) is 0.857. The van der Waals surface area contributed by atoms with Gasteiger partial charge in [0.05, 0.1) is 19.6 Å². The van der Waals surface area contributed by atoms with Gasteiger partial charge in [-0.1, -0.05) is 0 Å². The van der Waals surface area contributed by atoms with Crippen molar-refractivity contribution < 1.29 is 4.48 Å². The molecule has 0 saturated carbocycles. The van der Waals surface area contributed by atoms with Crippen molar-refractivity contribution in [3.05, 3.63) is 0 Å². The molecule has 0 aromatic heterocycles. The van der Waals surface area contributed by atoms with Gasteiger partial charge in [-0.15, -0.1) is 5.26 Å². The lowest BCUT2D eigenvalue weighted by molar-refractivity contribution is -0.860. The lowest BCUT2D eigenvalue weighted by atomic mass is 10.4. The monoisotopic (exact) mass is 127 g/mol. The molecule has 0 aromatic rings. The summed E-state index contributed by atoms with van der Waals surface area (Å²) in [6, 6.07) is 0. The van der Waals surface area contributed by atoms with Gasteiger partial charge in [-0.3, -0.25) is 0 Å². The Morgan fingerprint density at radius 3 is 1.44 bits per heavy atom. The van der Waals surface area contributed by atoms with Gasteiger partial charge >= 0.3 is 6.19 Å². The Labute approximate surface area is 57.3 Å². The molecule has 0 aliphatic rings. The third-order valence-electron chi connectivity index (χ3n) is 2.03. The van der Waals surface area contributed by atoms with E-state index in [0.717, 1.165) is 19.6 Å². The topological polar surface area (TPSA) is 23.8 Å². The average molecular weight is 127 g/mol. The average Bonchev–Trinajstić information content (AvgIpc) is 1.95. The lowest BCUT2D eigenvalue weighted by Crippen LogP contribution is -2.42. The summed E-state index contributed by atoms with van der Waals surface area (Å²) in [5, 5.41) is 8.70. The zero-order chi connectivity index (χ0) is 7.33. The van der Waals surface area contributed by atoms with E-state index >= 15 is 0 Å². The van der Waals surface area contributed by atoms with Crippen LogP contribution in [0, 0.1) is 11.5 Å². The van der Waals surface area contributed by atoms with Crippen LogP contribution in [0.1, 0.15) is 20.8 Å². The standard InChI is InChI=1S/C7H15N2/c1-4-9(5-2,6-3)7-8/h4-6H2,1-3H3/q+1. The second kappa shape index (κ2) is 3.47. The molecule has 0 spiro atoms. The first-order valence-electron chi connectivity index (χ1n) is 3.52. The molecule has 0 unspecified atom stereocenters. The van der Waals surface area contributed by atoms with E-state index < -0.39 is 0 Å². The molecule has 52 valence electrons. The van der Waals surface area contributed by atoms with Gasteiger partial charge in [0.15, 0.2) is 0 Å². The van der Waals surface area contributed by atoms with E-state index in [1.54, 1.807) is 0 Å². The van der Waals surface area contributed by atoms with Crippen molar-refractivity contribution in [3.8, 4) is 6.19 Å². The molecule has 0 bridgehead atoms. The van der Waals surface area contributed by atoms with E-state index in [2.05, 4.69) is 27.0 Å². The Morgan fingerprint density at radius 2 is 1.44 bits per heavy atom. The van der Waals surface area contributed by atoms with Gasteiger partial charge in [-0.25, -0.2) is 4.48 Å². The van der Waals surface area contributed by atoms with Crippen LogP contribution in [-0.4, -0.2) is 24.1 Å². The van der Waals surface area contributed by atoms with Crippen molar-refractivity contribution in [2.45, 2.75) is 20.8 Å². The van der Waals surface area contributed by atoms with Gasteiger partial charge in [0.25, 0.3) is 0 Å². The molecule has 0 aliphatic carbocycles. The Hall–Kier alpha value is -0.550. The maximum absolute atomic E-state index is 8.70. The second-order valence-corrected chi connectivity index (χ2v) is 2.19. The summed E-state index contributed by atoms with van der Waals surface area (Å²) >= 11 is 0. The van der Waals surface area contributed by atoms with Crippen molar-refractivity contribution >= 4 is 0 Å². The second-order valence-electron chi connectivity index (χ2n) is 2.19. The Morgan fingerprint density at radius 1 is 1.11 bits per heavy atom. The first-order valence-corrected chi connectivity index (χ1v) is 3.52. The smallest absolute Gasteiger partial charge is 0.224 e. The molecule has 0 aliphatic heterocycles. The van der Waals surface area contributed by atoms with Crippen molar-refractivity contribution in [1.82, 2.24) is 0 Å². The highest BCUT2D eigenvalue weighted by Crippen LogP contribution is 2.01. The Bertz CT molecular complexity index is 100. The highest BCUT2D eigenvalue weighted by molar-refractivity contribution is 4.53. The summed E-state index contributed by atoms with van der Waals surface area (Å²) in [6.45, 7) is 8.92. The van der Waals surface area contributed by atoms with Gasteiger partial charge < -0.3 is 0 Å². The lowest BCUT2D eigenvalue weighted by Gasteiger charge is -2.24. The Balaban J connectivity index is 4.04. The molecular formula is C7H15N2+. The van der Waals surface area contributed by atoms with E-state index in [9.17, 15) is 0 Å². The zero-order valence-corrected chi connectivity index (χ0v) is 6.52. The maximum Gasteiger partial charge on any atom is 0.308 e. The minimum Gasteiger partial charge on any atom is -0.224 e. The third-order valence-corrected chi connectivity index (χ3v) is 2.03. The highest BCUT2D eigenvalue weighted by atomic mass is 15.3. The summed E-state index contributed by atoms with van der Waals surface area (Å²) < 4.78 is 0.583. The maximum atomic E-state index is 8.70. The van der Waals surface area contributed by atoms with Crippen molar-refractivity contribution in [1.29, 1.82) is 5.26 Å². The molecule has 9 heavy (non-hydrogen) atoms. The van der Waals surface area contributed by atoms with Crippen LogP contribution in [0.3, 0.4) is 0 Å². The van der Waals surface area contributed by atoms with Crippen LogP contribution in [0.4, 0.5) is 0 Å². The van der Waals surface area contributed by atoms with Gasteiger partial charge in [0.2, 0.25) is 0 Å². The summed E-state index contributed by atoms with van der Waals surface area (Å²) in [7, 11) is 0. The third kappa shape index (κ3) is 1.69. The number of nitrogens with zero attached hydrogens (tertiary/aromatic N) is 2. The fourth-order valence-corrected chi connectivity index (χ4v) is 0.883. The van der Waals surface area contributed by atoms with Gasteiger partial charge in [0.1, 0.15) is 0 Å². The SMILES string of the molecule is CC[N+](C#N)(CC)CC. The molecule has 0 aromatic carbocycles. The van der Waals surface area contributed by atoms with Crippen molar-refractivity contribution in [2.24, 2.45) is 0 Å². The van der Waals surface area contributed by atoms with Gasteiger partial charge in [-0.05, 0) is 20.8 Å². The van der Waals surface area contributed by atoms with Crippen LogP contribution in [0.25, 0.3) is 0 Å². The fourth-order valence-electron chi connectivity index (χ4n) is 0.883. The minimum atomic E-state index is 0.583. The first-order chi connectivity index (χ1) is 4.24. The molecule has 0 amide bonds. The summed E-state index contributed by atoms with van der Waals surface area (Å²) in [5.74, 6) is 0. The molecule has 2 heteroatoms. The van der Waals surface area contributed by atoms with Gasteiger partial charge in [0, 0.05) is 0 Å². The zero-order valence-electron chi connectivity index (χ0n) is 6.52. The van der Waals surface area contributed by atoms with E-state index in [-0.39, 0.29) is 0 Å². The van der Waals surface area contributed by atoms with E-state index in [1.165, 1.54) is 0 Å². The van der Waals surface area contributed by atoms with E-state index in [1.807, 2.05) is 0 Å². The molecule has 0 radical (unpaired) electrons. The predicted octanol–water partition coefficient (Wildman–Crippen LogP) is 1.34. The number of rotatable bonds is 3. The van der Waals surface area contributed by atoms with Gasteiger partial charge in [-0.2, -0.15) is 0 Å². The number of hydrogen-bond acceptors (Lipinski definition) is 1. The molecule has 0 N–H and O–H groups in total. The van der Waals surface area contributed by atoms with Crippen LogP contribution in [0.5, 0.6) is 0 Å². The van der Waals surface area contributed by atoms with Crippen LogP contribution >= 0.6 is 0 Å². The molecule has 0 heterocycles. The molecular weight excluding hydrogens is 112 g/mol. The van der Waals surface area contributed by atoms with E-state index in [4.69, 9.17) is 5.26 Å². The normalized spacial score (nSPS) is 10.9. The van der Waals surface area contributed by atoms with Crippen LogP contribution in [0.15, 0.2) is 0 Å². The molecule has 0 fully saturated rings. The number of quaternary nitrogens is 1. The molecule has 2 nitrogen and oxygen atoms in total. The largest absolute Gasteiger partial charge is 0.308 e. The summed E-state index contributed by atoms with van der Waals surface area (Å²) in [5.41, 5.74) is 0. The Kier molecular flexibility index (Phi) is 3.26. The van der Waals surface area contributed by atoms with Crippen LogP contribution in [0.2, 0.25) is 0 Å². The van der Waals surface area contributed by atoms with Crippen molar-refractivity contribution in [3.63, 3.8) is 0 Å². The van der Waals surface area contributed by atoms with Crippen LogP contribution < -0.4 is 0 Å². The highest BCUT2D eigenvalue weighted by Gasteiger charge is 2.19. The number of nitriles is 1. The minimum absolute atomic E-state index is 0.583.